The quantitative estimate of drug-likeness (QED) is 0.885. The highest BCUT2D eigenvalue weighted by atomic mass is 32.2. The fraction of sp³-hybridized carbons (Fsp3) is 0.294. The Morgan fingerprint density at radius 2 is 1.83 bits per heavy atom. The molecule has 0 bridgehead atoms. The van der Waals surface area contributed by atoms with Gasteiger partial charge in [-0.05, 0) is 23.1 Å². The van der Waals surface area contributed by atoms with Crippen LogP contribution in [0.3, 0.4) is 0 Å². The zero-order valence-corrected chi connectivity index (χ0v) is 14.5. The van der Waals surface area contributed by atoms with Crippen molar-refractivity contribution >= 4 is 27.4 Å². The van der Waals surface area contributed by atoms with Gasteiger partial charge in [0.05, 0.1) is 32.7 Å². The van der Waals surface area contributed by atoms with Crippen LogP contribution in [0.5, 0.6) is 0 Å². The number of thiophene rings is 1. The second kappa shape index (κ2) is 7.40. The molecule has 0 aliphatic carbocycles. The monoisotopic (exact) mass is 349 g/mol. The van der Waals surface area contributed by atoms with Gasteiger partial charge in [-0.25, -0.2) is 8.42 Å². The molecule has 0 spiro atoms. The average molecular weight is 350 g/mol. The molecular weight excluding hydrogens is 328 g/mol. The molecule has 1 fully saturated rings. The molecule has 1 aliphatic heterocycles. The third-order valence-electron chi connectivity index (χ3n) is 4.04. The summed E-state index contributed by atoms with van der Waals surface area (Å²) in [6.45, 7) is 3.82. The van der Waals surface area contributed by atoms with Gasteiger partial charge in [-0.3, -0.25) is 0 Å². The maximum absolute atomic E-state index is 12.5. The van der Waals surface area contributed by atoms with E-state index >= 15 is 0 Å². The molecule has 1 aromatic carbocycles. The molecule has 23 heavy (non-hydrogen) atoms. The van der Waals surface area contributed by atoms with Crippen molar-refractivity contribution in [2.75, 3.05) is 32.7 Å². The van der Waals surface area contributed by atoms with Gasteiger partial charge in [-0.1, -0.05) is 42.5 Å². The number of sulfonamides is 1. The van der Waals surface area contributed by atoms with Crippen molar-refractivity contribution in [3.05, 3.63) is 59.5 Å². The third kappa shape index (κ3) is 4.09. The van der Waals surface area contributed by atoms with Gasteiger partial charge >= 0.3 is 0 Å². The van der Waals surface area contributed by atoms with Gasteiger partial charge in [0.15, 0.2) is 0 Å². The van der Waals surface area contributed by atoms with Crippen molar-refractivity contribution in [3.8, 4) is 0 Å². The molecule has 0 radical (unpaired) electrons. The van der Waals surface area contributed by atoms with Crippen LogP contribution in [-0.2, 0) is 10.0 Å². The van der Waals surface area contributed by atoms with Crippen LogP contribution in [0.25, 0.3) is 6.08 Å². The summed E-state index contributed by atoms with van der Waals surface area (Å²) in [7, 11) is -3.29. The lowest BCUT2D eigenvalue weighted by Crippen LogP contribution is -3.14. The molecule has 1 N–H and O–H groups in total. The first-order valence-corrected chi connectivity index (χ1v) is 10.1. The molecule has 0 saturated carbocycles. The normalized spacial score (nSPS) is 17.7. The van der Waals surface area contributed by atoms with Crippen molar-refractivity contribution < 1.29 is 13.3 Å². The van der Waals surface area contributed by atoms with Crippen molar-refractivity contribution in [2.45, 2.75) is 4.21 Å². The molecule has 3 rings (SSSR count). The molecule has 2 heterocycles. The predicted molar refractivity (Wildman–Crippen MR) is 94.1 cm³/mol. The van der Waals surface area contributed by atoms with Crippen molar-refractivity contribution in [3.63, 3.8) is 0 Å². The molecule has 0 atom stereocenters. The van der Waals surface area contributed by atoms with Gasteiger partial charge in [0.25, 0.3) is 10.0 Å². The predicted octanol–water partition coefficient (Wildman–Crippen LogP) is 1.35. The molecule has 0 unspecified atom stereocenters. The van der Waals surface area contributed by atoms with E-state index < -0.39 is 10.0 Å². The topological polar surface area (TPSA) is 41.8 Å². The van der Waals surface area contributed by atoms with Crippen molar-refractivity contribution in [1.29, 1.82) is 0 Å². The summed E-state index contributed by atoms with van der Waals surface area (Å²) < 4.78 is 27.0. The highest BCUT2D eigenvalue weighted by molar-refractivity contribution is 7.91. The summed E-state index contributed by atoms with van der Waals surface area (Å²) in [5.41, 5.74) is 1.20. The number of hydrogen-bond donors (Lipinski definition) is 1. The van der Waals surface area contributed by atoms with E-state index in [1.807, 2.05) is 23.6 Å². The van der Waals surface area contributed by atoms with Crippen LogP contribution in [0, 0.1) is 0 Å². The minimum absolute atomic E-state index is 0.449. The number of benzene rings is 1. The van der Waals surface area contributed by atoms with Gasteiger partial charge in [0, 0.05) is 0 Å². The van der Waals surface area contributed by atoms with Crippen molar-refractivity contribution in [1.82, 2.24) is 4.31 Å². The van der Waals surface area contributed by atoms with Gasteiger partial charge in [-0.2, -0.15) is 4.31 Å². The molecule has 4 nitrogen and oxygen atoms in total. The molecular formula is C17H21N2O2S2+. The summed E-state index contributed by atoms with van der Waals surface area (Å²) in [4.78, 5) is 1.43. The molecule has 0 amide bonds. The minimum atomic E-state index is -3.29. The Bertz CT molecular complexity index is 732. The summed E-state index contributed by atoms with van der Waals surface area (Å²) in [5, 5.41) is 1.81. The van der Waals surface area contributed by atoms with Crippen LogP contribution in [0.15, 0.2) is 58.1 Å². The maximum Gasteiger partial charge on any atom is 0.252 e. The van der Waals surface area contributed by atoms with Crippen molar-refractivity contribution in [2.24, 2.45) is 0 Å². The summed E-state index contributed by atoms with van der Waals surface area (Å²) >= 11 is 1.29. The first-order valence-electron chi connectivity index (χ1n) is 7.75. The summed E-state index contributed by atoms with van der Waals surface area (Å²) in [6.07, 6.45) is 4.30. The second-order valence-corrected chi connectivity index (χ2v) is 8.72. The Morgan fingerprint density at radius 3 is 2.48 bits per heavy atom. The van der Waals surface area contributed by atoms with Gasteiger partial charge in [-0.15, -0.1) is 11.3 Å². The zero-order chi connectivity index (χ0) is 16.1. The minimum Gasteiger partial charge on any atom is -0.329 e. The molecule has 1 aromatic heterocycles. The molecule has 122 valence electrons. The summed E-state index contributed by atoms with van der Waals surface area (Å²) in [6, 6.07) is 13.7. The lowest BCUT2D eigenvalue weighted by molar-refractivity contribution is -0.897. The smallest absolute Gasteiger partial charge is 0.252 e. The third-order valence-corrected chi connectivity index (χ3v) is 7.31. The molecule has 1 saturated heterocycles. The Balaban J connectivity index is 1.52. The largest absolute Gasteiger partial charge is 0.329 e. The van der Waals surface area contributed by atoms with Crippen LogP contribution < -0.4 is 4.90 Å². The highest BCUT2D eigenvalue weighted by Gasteiger charge is 2.30. The number of piperazine rings is 1. The van der Waals surface area contributed by atoms with Gasteiger partial charge in [0.2, 0.25) is 0 Å². The number of quaternary nitrogens is 1. The lowest BCUT2D eigenvalue weighted by atomic mass is 10.2. The average Bonchev–Trinajstić information content (AvgIpc) is 3.12. The number of nitrogens with zero attached hydrogens (tertiary/aromatic N) is 1. The van der Waals surface area contributed by atoms with Crippen LogP contribution in [0.4, 0.5) is 0 Å². The van der Waals surface area contributed by atoms with E-state index in [2.05, 4.69) is 24.3 Å². The molecule has 1 aliphatic rings. The SMILES string of the molecule is O=S(=O)(c1cccs1)N1CC[NH+](CC=Cc2ccccc2)CC1. The van der Waals surface area contributed by atoms with Crippen LogP contribution in [0.1, 0.15) is 5.56 Å². The summed E-state index contributed by atoms with van der Waals surface area (Å²) in [5.74, 6) is 0. The van der Waals surface area contributed by atoms with E-state index in [0.29, 0.717) is 17.3 Å². The number of hydrogen-bond acceptors (Lipinski definition) is 3. The fourth-order valence-electron chi connectivity index (χ4n) is 2.71. The van der Waals surface area contributed by atoms with Gasteiger partial charge < -0.3 is 4.90 Å². The fourth-order valence-corrected chi connectivity index (χ4v) is 5.30. The Morgan fingerprint density at radius 1 is 1.09 bits per heavy atom. The van der Waals surface area contributed by atoms with Crippen LogP contribution in [0.2, 0.25) is 0 Å². The van der Waals surface area contributed by atoms with Crippen LogP contribution >= 0.6 is 11.3 Å². The number of nitrogens with one attached hydrogen (secondary N) is 1. The van der Waals surface area contributed by atoms with E-state index in [1.165, 1.54) is 21.8 Å². The van der Waals surface area contributed by atoms with E-state index in [9.17, 15) is 8.42 Å². The van der Waals surface area contributed by atoms with Gasteiger partial charge in [0.1, 0.15) is 4.21 Å². The lowest BCUT2D eigenvalue weighted by Gasteiger charge is -2.30. The van der Waals surface area contributed by atoms with E-state index in [1.54, 1.807) is 16.4 Å². The van der Waals surface area contributed by atoms with Crippen LogP contribution in [-0.4, -0.2) is 45.4 Å². The second-order valence-electron chi connectivity index (χ2n) is 5.60. The molecule has 2 aromatic rings. The number of rotatable bonds is 5. The molecule has 6 heteroatoms. The maximum atomic E-state index is 12.5. The zero-order valence-electron chi connectivity index (χ0n) is 12.9. The first-order chi connectivity index (χ1) is 11.2. The highest BCUT2D eigenvalue weighted by Crippen LogP contribution is 2.20. The van der Waals surface area contributed by atoms with E-state index in [-0.39, 0.29) is 0 Å². The Labute approximate surface area is 141 Å². The Hall–Kier alpha value is -1.47. The first kappa shape index (κ1) is 16.4. The van der Waals surface area contributed by atoms with E-state index in [4.69, 9.17) is 0 Å². The Kier molecular flexibility index (Phi) is 5.27. The van der Waals surface area contributed by atoms with E-state index in [0.717, 1.165) is 19.6 Å². The standard InChI is InChI=1S/C17H20N2O2S2/c20-23(21,17-9-5-15-22-17)19-13-11-18(12-14-19)10-4-8-16-6-2-1-3-7-16/h1-9,15H,10-14H2/p+1.